The molecule has 0 spiro atoms. The van der Waals surface area contributed by atoms with Crippen molar-refractivity contribution in [3.05, 3.63) is 30.1 Å². The molecular formula is C19H31IN6O. The van der Waals surface area contributed by atoms with Crippen molar-refractivity contribution in [1.82, 2.24) is 25.8 Å². The van der Waals surface area contributed by atoms with E-state index in [0.29, 0.717) is 12.4 Å². The fourth-order valence-corrected chi connectivity index (χ4v) is 2.45. The average Bonchev–Trinajstić information content (AvgIpc) is 3.12. The summed E-state index contributed by atoms with van der Waals surface area (Å²) in [6.07, 6.45) is 2.34. The molecule has 0 unspecified atom stereocenters. The van der Waals surface area contributed by atoms with E-state index in [-0.39, 0.29) is 24.0 Å². The van der Waals surface area contributed by atoms with E-state index in [2.05, 4.69) is 51.6 Å². The van der Waals surface area contributed by atoms with Gasteiger partial charge in [-0.1, -0.05) is 13.8 Å². The van der Waals surface area contributed by atoms with Gasteiger partial charge in [-0.25, -0.2) is 9.98 Å². The Kier molecular flexibility index (Phi) is 10.8. The quantitative estimate of drug-likeness (QED) is 0.218. The van der Waals surface area contributed by atoms with Crippen LogP contribution in [0.15, 0.2) is 29.3 Å². The summed E-state index contributed by atoms with van der Waals surface area (Å²) in [5.41, 5.74) is 0.941. The summed E-state index contributed by atoms with van der Waals surface area (Å²) in [4.78, 5) is 9.09. The topological polar surface area (TPSA) is 87.2 Å². The first-order valence-electron chi connectivity index (χ1n) is 9.20. The van der Waals surface area contributed by atoms with Crippen molar-refractivity contribution in [1.29, 1.82) is 0 Å². The second-order valence-corrected chi connectivity index (χ2v) is 6.49. The van der Waals surface area contributed by atoms with Gasteiger partial charge >= 0.3 is 0 Å². The van der Waals surface area contributed by atoms with E-state index in [1.807, 2.05) is 24.3 Å². The number of nitrogens with one attached hydrogen (secondary N) is 3. The summed E-state index contributed by atoms with van der Waals surface area (Å²) in [5, 5.41) is 13.8. The van der Waals surface area contributed by atoms with Crippen LogP contribution in [-0.2, 0) is 6.54 Å². The van der Waals surface area contributed by atoms with Crippen LogP contribution in [-0.4, -0.2) is 41.3 Å². The van der Waals surface area contributed by atoms with Crippen LogP contribution in [0, 0.1) is 5.92 Å². The van der Waals surface area contributed by atoms with Gasteiger partial charge in [0.2, 0.25) is 0 Å². The van der Waals surface area contributed by atoms with Gasteiger partial charge in [0.15, 0.2) is 11.8 Å². The van der Waals surface area contributed by atoms with Crippen LogP contribution >= 0.6 is 24.0 Å². The van der Waals surface area contributed by atoms with Crippen LogP contribution in [0.3, 0.4) is 0 Å². The van der Waals surface area contributed by atoms with Crippen molar-refractivity contribution < 1.29 is 4.74 Å². The van der Waals surface area contributed by atoms with Gasteiger partial charge < -0.3 is 15.4 Å². The zero-order valence-electron chi connectivity index (χ0n) is 16.6. The molecule has 150 valence electrons. The molecular weight excluding hydrogens is 455 g/mol. The molecule has 8 heteroatoms. The maximum absolute atomic E-state index is 5.17. The number of aliphatic imine (C=N–C) groups is 1. The summed E-state index contributed by atoms with van der Waals surface area (Å²) >= 11 is 0. The van der Waals surface area contributed by atoms with Crippen LogP contribution in [0.25, 0.3) is 11.4 Å². The molecule has 0 bridgehead atoms. The molecule has 3 N–H and O–H groups in total. The molecule has 0 fully saturated rings. The van der Waals surface area contributed by atoms with Gasteiger partial charge in [-0.3, -0.25) is 5.10 Å². The third-order valence-corrected chi connectivity index (χ3v) is 3.86. The van der Waals surface area contributed by atoms with Crippen molar-refractivity contribution in [3.63, 3.8) is 0 Å². The summed E-state index contributed by atoms with van der Waals surface area (Å²) in [6.45, 7) is 8.72. The van der Waals surface area contributed by atoms with Crippen LogP contribution in [0.4, 0.5) is 0 Å². The van der Waals surface area contributed by atoms with E-state index in [1.165, 1.54) is 6.42 Å². The Hall–Kier alpha value is -1.84. The van der Waals surface area contributed by atoms with E-state index in [1.54, 1.807) is 7.11 Å². The van der Waals surface area contributed by atoms with Crippen LogP contribution in [0.5, 0.6) is 5.75 Å². The monoisotopic (exact) mass is 486 g/mol. The summed E-state index contributed by atoms with van der Waals surface area (Å²) in [7, 11) is 1.65. The maximum atomic E-state index is 5.17. The fourth-order valence-electron chi connectivity index (χ4n) is 2.45. The number of hydrogen-bond donors (Lipinski definition) is 3. The molecule has 0 radical (unpaired) electrons. The molecule has 1 aromatic carbocycles. The summed E-state index contributed by atoms with van der Waals surface area (Å²) in [5.74, 6) is 3.73. The Morgan fingerprint density at radius 3 is 2.59 bits per heavy atom. The second kappa shape index (κ2) is 12.5. The van der Waals surface area contributed by atoms with Crippen molar-refractivity contribution in [2.24, 2.45) is 10.9 Å². The first-order chi connectivity index (χ1) is 12.6. The van der Waals surface area contributed by atoms with Crippen molar-refractivity contribution in [3.8, 4) is 17.1 Å². The van der Waals surface area contributed by atoms with Crippen molar-refractivity contribution >= 4 is 29.9 Å². The van der Waals surface area contributed by atoms with Crippen LogP contribution in [0.1, 0.15) is 39.4 Å². The molecule has 1 aromatic heterocycles. The summed E-state index contributed by atoms with van der Waals surface area (Å²) < 4.78 is 5.17. The lowest BCUT2D eigenvalue weighted by molar-refractivity contribution is 0.415. The number of hydrogen-bond acceptors (Lipinski definition) is 4. The molecule has 2 aromatic rings. The first kappa shape index (κ1) is 23.2. The molecule has 0 saturated carbocycles. The normalized spacial score (nSPS) is 11.2. The fraction of sp³-hybridized carbons (Fsp3) is 0.526. The summed E-state index contributed by atoms with van der Waals surface area (Å²) in [6, 6.07) is 7.67. The SMILES string of the molecule is CCNC(=NCc1nc(-c2ccc(OC)cc2)n[nH]1)NCCCC(C)C.I. The van der Waals surface area contributed by atoms with Crippen molar-refractivity contribution in [2.45, 2.75) is 40.2 Å². The molecule has 0 atom stereocenters. The number of nitrogens with zero attached hydrogens (tertiary/aromatic N) is 3. The third kappa shape index (κ3) is 8.15. The predicted octanol–water partition coefficient (Wildman–Crippen LogP) is 3.59. The first-order valence-corrected chi connectivity index (χ1v) is 9.20. The maximum Gasteiger partial charge on any atom is 0.191 e. The number of guanidine groups is 1. The van der Waals surface area contributed by atoms with Gasteiger partial charge in [0, 0.05) is 18.7 Å². The number of H-pyrrole nitrogens is 1. The largest absolute Gasteiger partial charge is 0.497 e. The average molecular weight is 486 g/mol. The molecule has 0 aliphatic carbocycles. The molecule has 7 nitrogen and oxygen atoms in total. The Balaban J connectivity index is 0.00000364. The van der Waals surface area contributed by atoms with E-state index >= 15 is 0 Å². The van der Waals surface area contributed by atoms with Crippen LogP contribution < -0.4 is 15.4 Å². The molecule has 27 heavy (non-hydrogen) atoms. The van der Waals surface area contributed by atoms with Gasteiger partial charge in [0.25, 0.3) is 0 Å². The van der Waals surface area contributed by atoms with E-state index in [9.17, 15) is 0 Å². The highest BCUT2D eigenvalue weighted by Gasteiger charge is 2.06. The molecule has 1 heterocycles. The van der Waals surface area contributed by atoms with Crippen LogP contribution in [0.2, 0.25) is 0 Å². The minimum atomic E-state index is 0. The Bertz CT molecular complexity index is 684. The van der Waals surface area contributed by atoms with Gasteiger partial charge in [0.05, 0.1) is 7.11 Å². The predicted molar refractivity (Wildman–Crippen MR) is 121 cm³/mol. The molecule has 2 rings (SSSR count). The molecule has 0 amide bonds. The Morgan fingerprint density at radius 2 is 1.96 bits per heavy atom. The lowest BCUT2D eigenvalue weighted by Gasteiger charge is -2.11. The number of halogens is 1. The standard InChI is InChI=1S/C19H30N6O.HI/c1-5-20-19(21-12-6-7-14(2)3)22-13-17-23-18(25-24-17)15-8-10-16(26-4)11-9-15;/h8-11,14H,5-7,12-13H2,1-4H3,(H2,20,21,22)(H,23,24,25);1H. The Labute approximate surface area is 178 Å². The van der Waals surface area contributed by atoms with Gasteiger partial charge in [-0.05, 0) is 49.9 Å². The second-order valence-electron chi connectivity index (χ2n) is 6.49. The highest BCUT2D eigenvalue weighted by molar-refractivity contribution is 14.0. The highest BCUT2D eigenvalue weighted by Crippen LogP contribution is 2.18. The van der Waals surface area contributed by atoms with E-state index in [4.69, 9.17) is 4.74 Å². The number of rotatable bonds is 9. The minimum absolute atomic E-state index is 0. The molecule has 0 saturated heterocycles. The molecule has 0 aliphatic heterocycles. The Morgan fingerprint density at radius 1 is 1.22 bits per heavy atom. The number of aromatic amines is 1. The van der Waals surface area contributed by atoms with Crippen molar-refractivity contribution in [2.75, 3.05) is 20.2 Å². The third-order valence-electron chi connectivity index (χ3n) is 3.86. The van der Waals surface area contributed by atoms with E-state index < -0.39 is 0 Å². The van der Waals surface area contributed by atoms with Gasteiger partial charge in [-0.15, -0.1) is 24.0 Å². The number of aromatic nitrogens is 3. The minimum Gasteiger partial charge on any atom is -0.497 e. The number of benzene rings is 1. The molecule has 0 aliphatic rings. The lowest BCUT2D eigenvalue weighted by Crippen LogP contribution is -2.37. The highest BCUT2D eigenvalue weighted by atomic mass is 127. The zero-order chi connectivity index (χ0) is 18.8. The smallest absolute Gasteiger partial charge is 0.191 e. The number of ether oxygens (including phenoxy) is 1. The lowest BCUT2D eigenvalue weighted by atomic mass is 10.1. The van der Waals surface area contributed by atoms with Gasteiger partial charge in [-0.2, -0.15) is 5.10 Å². The van der Waals surface area contributed by atoms with E-state index in [0.717, 1.165) is 48.5 Å². The number of methoxy groups -OCH3 is 1. The zero-order valence-corrected chi connectivity index (χ0v) is 18.9. The van der Waals surface area contributed by atoms with Gasteiger partial charge in [0.1, 0.15) is 18.1 Å².